The predicted octanol–water partition coefficient (Wildman–Crippen LogP) is 12.0. The van der Waals surface area contributed by atoms with Gasteiger partial charge in [-0.25, -0.2) is 0 Å². The minimum absolute atomic E-state index is 1.08. The van der Waals surface area contributed by atoms with Gasteiger partial charge < -0.3 is 9.13 Å². The summed E-state index contributed by atoms with van der Waals surface area (Å²) in [6, 6.07) is 52.8. The van der Waals surface area contributed by atoms with Crippen LogP contribution in [-0.4, -0.2) is 9.13 Å². The van der Waals surface area contributed by atoms with Crippen molar-refractivity contribution in [2.75, 3.05) is 0 Å². The summed E-state index contributed by atoms with van der Waals surface area (Å²) in [4.78, 5) is 0. The molecular weight excluding hydrogens is 636 g/mol. The van der Waals surface area contributed by atoms with Gasteiger partial charge in [-0.05, 0) is 107 Å². The number of hydrogen-bond acceptors (Lipinski definition) is 0. The zero-order chi connectivity index (χ0) is 31.3. The van der Waals surface area contributed by atoms with Crippen molar-refractivity contribution in [2.45, 2.75) is 12.8 Å². The van der Waals surface area contributed by atoms with Gasteiger partial charge in [-0.2, -0.15) is 0 Å². The summed E-state index contributed by atoms with van der Waals surface area (Å²) in [6.07, 6.45) is 9.08. The Bertz CT molecular complexity index is 2440. The smallest absolute Gasteiger partial charge is 0.0541 e. The number of nitrogens with zero attached hydrogens (tertiary/aromatic N) is 2. The van der Waals surface area contributed by atoms with Crippen LogP contribution in [0.5, 0.6) is 0 Å². The van der Waals surface area contributed by atoms with E-state index < -0.39 is 0 Å². The van der Waals surface area contributed by atoms with Gasteiger partial charge >= 0.3 is 0 Å². The van der Waals surface area contributed by atoms with Crippen LogP contribution in [0.1, 0.15) is 34.4 Å². The van der Waals surface area contributed by atoms with E-state index in [1.54, 1.807) is 0 Å². The van der Waals surface area contributed by atoms with E-state index in [0.717, 1.165) is 28.6 Å². The Balaban J connectivity index is 1.15. The molecule has 0 spiro atoms. The maximum Gasteiger partial charge on any atom is 0.0541 e. The molecule has 0 fully saturated rings. The first kappa shape index (κ1) is 27.9. The third-order valence-corrected chi connectivity index (χ3v) is 10.0. The van der Waals surface area contributed by atoms with Crippen molar-refractivity contribution in [3.05, 3.63) is 184 Å². The van der Waals surface area contributed by atoms with Crippen molar-refractivity contribution in [3.63, 3.8) is 0 Å². The third-order valence-electron chi connectivity index (χ3n) is 9.49. The first-order valence-electron chi connectivity index (χ1n) is 16.2. The van der Waals surface area contributed by atoms with Crippen LogP contribution in [0, 0.1) is 0 Å². The van der Waals surface area contributed by atoms with E-state index in [-0.39, 0.29) is 0 Å². The lowest BCUT2D eigenvalue weighted by molar-refractivity contribution is 0.967. The van der Waals surface area contributed by atoms with Gasteiger partial charge in [0.15, 0.2) is 0 Å². The highest BCUT2D eigenvalue weighted by atomic mass is 79.9. The molecule has 0 N–H and O–H groups in total. The van der Waals surface area contributed by atoms with Crippen molar-refractivity contribution in [1.82, 2.24) is 9.13 Å². The lowest BCUT2D eigenvalue weighted by Gasteiger charge is -2.15. The summed E-state index contributed by atoms with van der Waals surface area (Å²) >= 11 is 3.60. The zero-order valence-corrected chi connectivity index (χ0v) is 27.4. The molecule has 6 aromatic carbocycles. The van der Waals surface area contributed by atoms with E-state index in [9.17, 15) is 0 Å². The van der Waals surface area contributed by atoms with Crippen LogP contribution < -0.4 is 0 Å². The molecule has 0 amide bonds. The molecule has 224 valence electrons. The molecule has 9 rings (SSSR count). The summed E-state index contributed by atoms with van der Waals surface area (Å²) in [5, 5.41) is 3.90. The fourth-order valence-electron chi connectivity index (χ4n) is 7.31. The second-order valence-corrected chi connectivity index (χ2v) is 13.1. The molecule has 2 aromatic heterocycles. The van der Waals surface area contributed by atoms with Gasteiger partial charge in [-0.3, -0.25) is 0 Å². The molecule has 1 aliphatic rings. The Morgan fingerprint density at radius 3 is 1.64 bits per heavy atom. The van der Waals surface area contributed by atoms with E-state index in [4.69, 9.17) is 0 Å². The van der Waals surface area contributed by atoms with Gasteiger partial charge in [0.05, 0.1) is 16.6 Å². The number of hydrogen-bond donors (Lipinski definition) is 0. The summed E-state index contributed by atoms with van der Waals surface area (Å²) in [6.45, 7) is 0. The van der Waals surface area contributed by atoms with Gasteiger partial charge in [0.1, 0.15) is 0 Å². The van der Waals surface area contributed by atoms with Crippen LogP contribution in [0.15, 0.2) is 156 Å². The molecule has 0 unspecified atom stereocenters. The topological polar surface area (TPSA) is 9.86 Å². The monoisotopic (exact) mass is 666 g/mol. The lowest BCUT2D eigenvalue weighted by atomic mass is 9.95. The van der Waals surface area contributed by atoms with Gasteiger partial charge in [0.25, 0.3) is 0 Å². The normalized spacial score (nSPS) is 13.1. The average Bonchev–Trinajstić information content (AvgIpc) is 3.65. The van der Waals surface area contributed by atoms with Gasteiger partial charge in [0, 0.05) is 37.7 Å². The summed E-state index contributed by atoms with van der Waals surface area (Å²) in [7, 11) is 0. The average molecular weight is 668 g/mol. The number of benzene rings is 6. The van der Waals surface area contributed by atoms with Crippen molar-refractivity contribution in [2.24, 2.45) is 0 Å². The Hall–Kier alpha value is -5.38. The SMILES string of the molecule is Brc1ccc(/C=C(/c2ccc(-n3c4c(c5ccccc53)CCC=C4)cc2)c2ccc(-n3c4ccccc4c4ccccc43)cc2)cc1. The molecule has 0 saturated carbocycles. The summed E-state index contributed by atoms with van der Waals surface area (Å²) in [5.74, 6) is 0. The molecule has 1 aliphatic carbocycles. The van der Waals surface area contributed by atoms with Crippen molar-refractivity contribution in [3.8, 4) is 11.4 Å². The molecule has 2 nitrogen and oxygen atoms in total. The number of para-hydroxylation sites is 3. The van der Waals surface area contributed by atoms with Crippen molar-refractivity contribution < 1.29 is 0 Å². The molecule has 0 bridgehead atoms. The molecule has 47 heavy (non-hydrogen) atoms. The summed E-state index contributed by atoms with van der Waals surface area (Å²) in [5.41, 5.74) is 13.5. The van der Waals surface area contributed by atoms with E-state index in [1.807, 2.05) is 0 Å². The largest absolute Gasteiger partial charge is 0.310 e. The standard InChI is InChI=1S/C44H31BrN2/c45-33-23-17-30(18-24-33)29-40(31-19-25-34(26-20-31)46-41-13-5-1-9-36(41)37-10-2-6-14-42(37)46)32-21-27-35(28-22-32)47-43-15-7-3-11-38(43)39-12-4-8-16-44(39)47/h1-3,5-11,13-29H,4,12H2/b40-29+. The molecule has 0 radical (unpaired) electrons. The molecule has 8 aromatic rings. The first-order chi connectivity index (χ1) is 23.2. The Labute approximate surface area is 282 Å². The Morgan fingerprint density at radius 2 is 1.04 bits per heavy atom. The van der Waals surface area contributed by atoms with Crippen LogP contribution in [0.4, 0.5) is 0 Å². The zero-order valence-electron chi connectivity index (χ0n) is 25.8. The maximum absolute atomic E-state index is 3.60. The fourth-order valence-corrected chi connectivity index (χ4v) is 7.57. The highest BCUT2D eigenvalue weighted by Crippen LogP contribution is 2.36. The van der Waals surface area contributed by atoms with E-state index in [2.05, 4.69) is 189 Å². The number of allylic oxidation sites excluding steroid dienone is 1. The van der Waals surface area contributed by atoms with Crippen LogP contribution >= 0.6 is 15.9 Å². The van der Waals surface area contributed by atoms with E-state index in [1.165, 1.54) is 66.4 Å². The van der Waals surface area contributed by atoms with Crippen LogP contribution in [0.2, 0.25) is 0 Å². The van der Waals surface area contributed by atoms with Gasteiger partial charge in [0.2, 0.25) is 0 Å². The maximum atomic E-state index is 3.60. The van der Waals surface area contributed by atoms with Gasteiger partial charge in [-0.1, -0.05) is 113 Å². The second kappa shape index (κ2) is 11.5. The van der Waals surface area contributed by atoms with Gasteiger partial charge in [-0.15, -0.1) is 0 Å². The number of aromatic nitrogens is 2. The summed E-state index contributed by atoms with van der Waals surface area (Å²) < 4.78 is 5.87. The minimum Gasteiger partial charge on any atom is -0.310 e. The molecule has 0 saturated heterocycles. The first-order valence-corrected chi connectivity index (χ1v) is 17.0. The quantitative estimate of drug-likeness (QED) is 0.162. The van der Waals surface area contributed by atoms with Crippen LogP contribution in [0.25, 0.3) is 61.8 Å². The van der Waals surface area contributed by atoms with E-state index >= 15 is 0 Å². The Kier molecular flexibility index (Phi) is 6.80. The van der Waals surface area contributed by atoms with Crippen molar-refractivity contribution >= 4 is 66.4 Å². The van der Waals surface area contributed by atoms with Crippen molar-refractivity contribution in [1.29, 1.82) is 0 Å². The highest BCUT2D eigenvalue weighted by molar-refractivity contribution is 9.10. The molecular formula is C44H31BrN2. The molecule has 0 aliphatic heterocycles. The van der Waals surface area contributed by atoms with E-state index in [0.29, 0.717) is 0 Å². The third kappa shape index (κ3) is 4.78. The Morgan fingerprint density at radius 1 is 0.532 bits per heavy atom. The number of rotatable bonds is 5. The van der Waals surface area contributed by atoms with Crippen LogP contribution in [-0.2, 0) is 6.42 Å². The minimum atomic E-state index is 1.08. The highest BCUT2D eigenvalue weighted by Gasteiger charge is 2.18. The predicted molar refractivity (Wildman–Crippen MR) is 203 cm³/mol. The number of aryl methyl sites for hydroxylation is 1. The fraction of sp³-hybridized carbons (Fsp3) is 0.0455. The lowest BCUT2D eigenvalue weighted by Crippen LogP contribution is -2.00. The second-order valence-electron chi connectivity index (χ2n) is 12.2. The number of fused-ring (bicyclic) bond motifs is 6. The molecule has 0 atom stereocenters. The van der Waals surface area contributed by atoms with Crippen LogP contribution in [0.3, 0.4) is 0 Å². The molecule has 2 heterocycles. The number of halogens is 1. The molecule has 3 heteroatoms.